The van der Waals surface area contributed by atoms with Crippen LogP contribution in [-0.2, 0) is 17.9 Å². The fourth-order valence-corrected chi connectivity index (χ4v) is 3.08. The number of aromatic amines is 1. The van der Waals surface area contributed by atoms with Crippen LogP contribution in [0.5, 0.6) is 5.75 Å². The van der Waals surface area contributed by atoms with E-state index >= 15 is 0 Å². The Balaban J connectivity index is 1.47. The molecular weight excluding hydrogens is 388 g/mol. The number of amides is 1. The van der Waals surface area contributed by atoms with E-state index in [1.165, 1.54) is 11.8 Å². The molecule has 1 atom stereocenters. The summed E-state index contributed by atoms with van der Waals surface area (Å²) in [6, 6.07) is 9.04. The molecule has 0 aliphatic heterocycles. The zero-order chi connectivity index (χ0) is 19.2. The quantitative estimate of drug-likeness (QED) is 0.553. The predicted octanol–water partition coefficient (Wildman–Crippen LogP) is 3.74. The molecule has 1 aromatic carbocycles. The van der Waals surface area contributed by atoms with Crippen LogP contribution in [-0.4, -0.2) is 26.3 Å². The van der Waals surface area contributed by atoms with Crippen molar-refractivity contribution in [1.29, 1.82) is 0 Å². The summed E-state index contributed by atoms with van der Waals surface area (Å²) in [5, 5.41) is 10.6. The first-order chi connectivity index (χ1) is 13.0. The van der Waals surface area contributed by atoms with E-state index in [0.717, 1.165) is 5.56 Å². The molecule has 3 rings (SSSR count). The number of furan rings is 1. The Bertz CT molecular complexity index is 898. The maximum absolute atomic E-state index is 12.1. The van der Waals surface area contributed by atoms with Crippen LogP contribution in [0.2, 0.25) is 5.02 Å². The number of benzene rings is 1. The number of halogens is 1. The number of carbonyl (C=O) groups excluding carboxylic acids is 1. The van der Waals surface area contributed by atoms with E-state index in [0.29, 0.717) is 34.1 Å². The predicted molar refractivity (Wildman–Crippen MR) is 103 cm³/mol. The molecule has 0 fully saturated rings. The molecule has 27 heavy (non-hydrogen) atoms. The van der Waals surface area contributed by atoms with Crippen molar-refractivity contribution in [1.82, 2.24) is 20.5 Å². The fourth-order valence-electron chi connectivity index (χ4n) is 2.20. The number of nitrogens with one attached hydrogen (secondary N) is 2. The van der Waals surface area contributed by atoms with Crippen molar-refractivity contribution in [3.05, 3.63) is 58.8 Å². The highest BCUT2D eigenvalue weighted by Gasteiger charge is 2.17. The van der Waals surface area contributed by atoms with Crippen molar-refractivity contribution in [2.24, 2.45) is 0 Å². The third-order valence-corrected chi connectivity index (χ3v) is 5.07. The summed E-state index contributed by atoms with van der Waals surface area (Å²) in [6.07, 6.45) is 1.57. The van der Waals surface area contributed by atoms with E-state index in [1.54, 1.807) is 31.4 Å². The minimum atomic E-state index is -0.344. The lowest BCUT2D eigenvalue weighted by atomic mass is 10.2. The van der Waals surface area contributed by atoms with Gasteiger partial charge >= 0.3 is 0 Å². The molecule has 7 nitrogen and oxygen atoms in total. The van der Waals surface area contributed by atoms with Gasteiger partial charge in [0.05, 0.1) is 18.1 Å². The van der Waals surface area contributed by atoms with Crippen molar-refractivity contribution in [3.8, 4) is 5.75 Å². The molecule has 0 spiro atoms. The Labute approximate surface area is 165 Å². The van der Waals surface area contributed by atoms with Gasteiger partial charge in [-0.25, -0.2) is 4.98 Å². The van der Waals surface area contributed by atoms with Crippen LogP contribution in [0.4, 0.5) is 0 Å². The molecule has 0 aliphatic rings. The van der Waals surface area contributed by atoms with Gasteiger partial charge in [0.1, 0.15) is 18.1 Å². The number of H-pyrrole nitrogens is 1. The lowest BCUT2D eigenvalue weighted by molar-refractivity contribution is -0.120. The summed E-state index contributed by atoms with van der Waals surface area (Å²) in [4.78, 5) is 16.5. The highest BCUT2D eigenvalue weighted by atomic mass is 35.5. The van der Waals surface area contributed by atoms with Gasteiger partial charge in [0.25, 0.3) is 0 Å². The first-order valence-electron chi connectivity index (χ1n) is 8.28. The molecule has 9 heteroatoms. The molecule has 142 valence electrons. The smallest absolute Gasteiger partial charge is 0.233 e. The molecule has 1 amide bonds. The number of thioether (sulfide) groups is 1. The monoisotopic (exact) mass is 406 g/mol. The molecule has 0 saturated carbocycles. The lowest BCUT2D eigenvalue weighted by Gasteiger charge is -2.08. The van der Waals surface area contributed by atoms with Gasteiger partial charge in [0.15, 0.2) is 5.82 Å². The number of ether oxygens (including phenoxy) is 1. The van der Waals surface area contributed by atoms with Crippen molar-refractivity contribution in [2.75, 3.05) is 0 Å². The average molecular weight is 407 g/mol. The van der Waals surface area contributed by atoms with Gasteiger partial charge in [0, 0.05) is 5.02 Å². The van der Waals surface area contributed by atoms with Gasteiger partial charge in [-0.3, -0.25) is 9.89 Å². The van der Waals surface area contributed by atoms with Gasteiger partial charge in [-0.15, -0.1) is 5.10 Å². The Kier molecular flexibility index (Phi) is 6.41. The average Bonchev–Trinajstić information content (AvgIpc) is 3.32. The number of aryl methyl sites for hydroxylation is 1. The van der Waals surface area contributed by atoms with E-state index in [2.05, 4.69) is 20.5 Å². The molecule has 0 radical (unpaired) electrons. The van der Waals surface area contributed by atoms with Gasteiger partial charge in [-0.1, -0.05) is 23.4 Å². The van der Waals surface area contributed by atoms with Crippen molar-refractivity contribution in [2.45, 2.75) is 37.4 Å². The molecule has 0 aliphatic carbocycles. The minimum absolute atomic E-state index is 0.115. The molecule has 2 N–H and O–H groups in total. The summed E-state index contributed by atoms with van der Waals surface area (Å²) in [5.74, 6) is 1.87. The summed E-state index contributed by atoms with van der Waals surface area (Å²) in [5.41, 5.74) is 0.942. The molecule has 2 heterocycles. The second-order valence-electron chi connectivity index (χ2n) is 5.82. The highest BCUT2D eigenvalue weighted by molar-refractivity contribution is 8.00. The van der Waals surface area contributed by atoms with Gasteiger partial charge in [-0.05, 0) is 49.7 Å². The van der Waals surface area contributed by atoms with Crippen LogP contribution in [0, 0.1) is 6.92 Å². The van der Waals surface area contributed by atoms with Crippen LogP contribution in [0.3, 0.4) is 0 Å². The zero-order valence-corrected chi connectivity index (χ0v) is 16.4. The summed E-state index contributed by atoms with van der Waals surface area (Å²) in [6.45, 7) is 4.31. The van der Waals surface area contributed by atoms with Gasteiger partial charge < -0.3 is 14.5 Å². The molecule has 0 unspecified atom stereocenters. The Hall–Kier alpha value is -2.45. The second kappa shape index (κ2) is 8.96. The van der Waals surface area contributed by atoms with Crippen molar-refractivity contribution < 1.29 is 13.9 Å². The third kappa shape index (κ3) is 5.51. The maximum Gasteiger partial charge on any atom is 0.233 e. The van der Waals surface area contributed by atoms with Crippen LogP contribution in [0.25, 0.3) is 0 Å². The first-order valence-corrected chi connectivity index (χ1v) is 9.54. The van der Waals surface area contributed by atoms with E-state index in [9.17, 15) is 4.79 Å². The fraction of sp³-hybridized carbons (Fsp3) is 0.278. The zero-order valence-electron chi connectivity index (χ0n) is 14.9. The number of aromatic nitrogens is 3. The number of hydrogen-bond acceptors (Lipinski definition) is 6. The van der Waals surface area contributed by atoms with Crippen LogP contribution >= 0.6 is 23.4 Å². The topological polar surface area (TPSA) is 93.0 Å². The Morgan fingerprint density at radius 2 is 2.30 bits per heavy atom. The standard InChI is InChI=1S/C18H19ClN4O3S/c1-11-8-13(5-6-15(11)19)26-10-16-21-18(23-22-16)27-12(2)17(24)20-9-14-4-3-7-25-14/h3-8,12H,9-10H2,1-2H3,(H,20,24)(H,21,22,23)/t12-/m0/s1. The van der Waals surface area contributed by atoms with Crippen LogP contribution < -0.4 is 10.1 Å². The summed E-state index contributed by atoms with van der Waals surface area (Å²) < 4.78 is 10.9. The molecular formula is C18H19ClN4O3S. The third-order valence-electron chi connectivity index (χ3n) is 3.68. The van der Waals surface area contributed by atoms with E-state index in [4.69, 9.17) is 20.8 Å². The minimum Gasteiger partial charge on any atom is -0.486 e. The van der Waals surface area contributed by atoms with Crippen LogP contribution in [0.1, 0.15) is 24.1 Å². The molecule has 2 aromatic heterocycles. The Morgan fingerprint density at radius 3 is 3.04 bits per heavy atom. The maximum atomic E-state index is 12.1. The lowest BCUT2D eigenvalue weighted by Crippen LogP contribution is -2.30. The Morgan fingerprint density at radius 1 is 1.44 bits per heavy atom. The largest absolute Gasteiger partial charge is 0.486 e. The van der Waals surface area contributed by atoms with Crippen molar-refractivity contribution >= 4 is 29.3 Å². The number of hydrogen-bond donors (Lipinski definition) is 2. The SMILES string of the molecule is Cc1cc(OCc2nc(S[C@@H](C)C(=O)NCc3ccco3)n[nH]2)ccc1Cl. The molecule has 3 aromatic rings. The van der Waals surface area contributed by atoms with E-state index in [1.807, 2.05) is 19.1 Å². The molecule has 0 bridgehead atoms. The number of carbonyl (C=O) groups is 1. The summed E-state index contributed by atoms with van der Waals surface area (Å²) >= 11 is 7.27. The number of rotatable bonds is 8. The van der Waals surface area contributed by atoms with E-state index in [-0.39, 0.29) is 17.8 Å². The normalized spacial score (nSPS) is 12.0. The van der Waals surface area contributed by atoms with Crippen molar-refractivity contribution in [3.63, 3.8) is 0 Å². The van der Waals surface area contributed by atoms with Gasteiger partial charge in [-0.2, -0.15) is 0 Å². The van der Waals surface area contributed by atoms with E-state index < -0.39 is 0 Å². The number of nitrogens with zero attached hydrogens (tertiary/aromatic N) is 2. The van der Waals surface area contributed by atoms with Gasteiger partial charge in [0.2, 0.25) is 11.1 Å². The first kappa shape index (κ1) is 19.3. The second-order valence-corrected chi connectivity index (χ2v) is 7.54. The summed E-state index contributed by atoms with van der Waals surface area (Å²) in [7, 11) is 0. The highest BCUT2D eigenvalue weighted by Crippen LogP contribution is 2.22. The molecule has 0 saturated heterocycles. The van der Waals surface area contributed by atoms with Crippen LogP contribution in [0.15, 0.2) is 46.2 Å².